The molecule has 0 aliphatic rings. The molecule has 0 atom stereocenters. The molecule has 1 aromatic heterocycles. The summed E-state index contributed by atoms with van der Waals surface area (Å²) >= 11 is 0. The lowest BCUT2D eigenvalue weighted by molar-refractivity contribution is 0.103. The van der Waals surface area contributed by atoms with Gasteiger partial charge in [0.25, 0.3) is 0 Å². The van der Waals surface area contributed by atoms with Gasteiger partial charge in [-0.05, 0) is 50.1 Å². The van der Waals surface area contributed by atoms with Crippen molar-refractivity contribution in [3.8, 4) is 11.8 Å². The number of nitrogens with zero attached hydrogens (tertiary/aromatic N) is 2. The first-order valence-corrected chi connectivity index (χ1v) is 7.60. The van der Waals surface area contributed by atoms with Crippen molar-refractivity contribution in [1.29, 1.82) is 5.26 Å². The van der Waals surface area contributed by atoms with Crippen LogP contribution in [0.1, 0.15) is 40.7 Å². The van der Waals surface area contributed by atoms with Crippen LogP contribution in [0.2, 0.25) is 0 Å². The normalized spacial score (nSPS) is 11.3. The van der Waals surface area contributed by atoms with E-state index < -0.39 is 0 Å². The van der Waals surface area contributed by atoms with Gasteiger partial charge >= 0.3 is 0 Å². The van der Waals surface area contributed by atoms with Crippen molar-refractivity contribution in [2.75, 3.05) is 0 Å². The molecule has 0 fully saturated rings. The Morgan fingerprint density at radius 3 is 2.52 bits per heavy atom. The monoisotopic (exact) mass is 308 g/mol. The molecule has 0 saturated heterocycles. The van der Waals surface area contributed by atoms with E-state index in [1.54, 1.807) is 18.2 Å². The SMILES string of the molecule is CCCn1c(C)cc(C(=O)/C(C#N)=C/c2ccc(O)cc2)c1C. The molecule has 1 aromatic carbocycles. The van der Waals surface area contributed by atoms with Crippen molar-refractivity contribution in [2.24, 2.45) is 0 Å². The van der Waals surface area contributed by atoms with Gasteiger partial charge in [0.2, 0.25) is 5.78 Å². The van der Waals surface area contributed by atoms with Gasteiger partial charge in [0.1, 0.15) is 17.4 Å². The maximum atomic E-state index is 12.7. The third-order valence-corrected chi connectivity index (χ3v) is 3.83. The molecule has 0 radical (unpaired) electrons. The molecule has 0 amide bonds. The molecule has 118 valence electrons. The average molecular weight is 308 g/mol. The minimum Gasteiger partial charge on any atom is -0.508 e. The van der Waals surface area contributed by atoms with Gasteiger partial charge in [0.05, 0.1) is 0 Å². The fourth-order valence-corrected chi connectivity index (χ4v) is 2.63. The topological polar surface area (TPSA) is 66.0 Å². The summed E-state index contributed by atoms with van der Waals surface area (Å²) in [7, 11) is 0. The predicted octanol–water partition coefficient (Wildman–Crippen LogP) is 4.01. The van der Waals surface area contributed by atoms with Gasteiger partial charge in [-0.25, -0.2) is 0 Å². The van der Waals surface area contributed by atoms with Gasteiger partial charge in [0.15, 0.2) is 0 Å². The molecular formula is C19H20N2O2. The molecule has 0 aliphatic carbocycles. The largest absolute Gasteiger partial charge is 0.508 e. The number of Topliss-reactive ketones (excluding diaryl/α,β-unsaturated/α-hetero) is 1. The van der Waals surface area contributed by atoms with Gasteiger partial charge in [0, 0.05) is 23.5 Å². The van der Waals surface area contributed by atoms with Crippen LogP contribution in [-0.2, 0) is 6.54 Å². The maximum Gasteiger partial charge on any atom is 0.205 e. The Hall–Kier alpha value is -2.80. The molecule has 4 nitrogen and oxygen atoms in total. The van der Waals surface area contributed by atoms with Crippen LogP contribution in [-0.4, -0.2) is 15.5 Å². The Kier molecular flexibility index (Phi) is 5.02. The number of carbonyl (C=O) groups excluding carboxylic acids is 1. The summed E-state index contributed by atoms with van der Waals surface area (Å²) in [6.07, 6.45) is 2.53. The van der Waals surface area contributed by atoms with E-state index in [9.17, 15) is 15.2 Å². The summed E-state index contributed by atoms with van der Waals surface area (Å²) in [5.74, 6) is -0.119. The summed E-state index contributed by atoms with van der Waals surface area (Å²) in [4.78, 5) is 12.7. The number of nitriles is 1. The Morgan fingerprint density at radius 2 is 1.96 bits per heavy atom. The lowest BCUT2D eigenvalue weighted by Crippen LogP contribution is -2.06. The van der Waals surface area contributed by atoms with Crippen molar-refractivity contribution >= 4 is 11.9 Å². The van der Waals surface area contributed by atoms with E-state index in [4.69, 9.17) is 0 Å². The number of aryl methyl sites for hydroxylation is 1. The molecule has 4 heteroatoms. The number of phenolic OH excluding ortho intramolecular Hbond substituents is 1. The number of hydrogen-bond donors (Lipinski definition) is 1. The first-order valence-electron chi connectivity index (χ1n) is 7.60. The smallest absolute Gasteiger partial charge is 0.205 e. The summed E-state index contributed by atoms with van der Waals surface area (Å²) in [5, 5.41) is 18.6. The zero-order valence-corrected chi connectivity index (χ0v) is 13.6. The number of aromatic hydroxyl groups is 1. The molecule has 0 unspecified atom stereocenters. The Morgan fingerprint density at radius 1 is 1.30 bits per heavy atom. The second-order valence-corrected chi connectivity index (χ2v) is 5.53. The average Bonchev–Trinajstić information content (AvgIpc) is 2.82. The van der Waals surface area contributed by atoms with Crippen LogP contribution in [0.5, 0.6) is 5.75 Å². The Balaban J connectivity index is 2.40. The van der Waals surface area contributed by atoms with Crippen LogP contribution in [0.15, 0.2) is 35.9 Å². The fourth-order valence-electron chi connectivity index (χ4n) is 2.63. The molecule has 1 heterocycles. The number of hydrogen-bond acceptors (Lipinski definition) is 3. The van der Waals surface area contributed by atoms with Crippen LogP contribution in [0.4, 0.5) is 0 Å². The van der Waals surface area contributed by atoms with Crippen LogP contribution in [0.3, 0.4) is 0 Å². The van der Waals surface area contributed by atoms with E-state index in [0.29, 0.717) is 11.1 Å². The van der Waals surface area contributed by atoms with Crippen LogP contribution in [0.25, 0.3) is 6.08 Å². The summed E-state index contributed by atoms with van der Waals surface area (Å²) < 4.78 is 2.10. The number of aromatic nitrogens is 1. The minimum atomic E-state index is -0.268. The van der Waals surface area contributed by atoms with E-state index in [-0.39, 0.29) is 17.1 Å². The van der Waals surface area contributed by atoms with E-state index in [0.717, 1.165) is 24.4 Å². The highest BCUT2D eigenvalue weighted by Crippen LogP contribution is 2.21. The Labute approximate surface area is 136 Å². The van der Waals surface area contributed by atoms with E-state index in [1.165, 1.54) is 12.1 Å². The van der Waals surface area contributed by atoms with Crippen LogP contribution >= 0.6 is 0 Å². The van der Waals surface area contributed by atoms with E-state index in [2.05, 4.69) is 11.5 Å². The molecule has 2 aromatic rings. The van der Waals surface area contributed by atoms with Gasteiger partial charge in [-0.1, -0.05) is 19.1 Å². The van der Waals surface area contributed by atoms with Crippen molar-refractivity contribution in [2.45, 2.75) is 33.7 Å². The third-order valence-electron chi connectivity index (χ3n) is 3.83. The molecule has 0 saturated carbocycles. The van der Waals surface area contributed by atoms with Crippen molar-refractivity contribution < 1.29 is 9.90 Å². The van der Waals surface area contributed by atoms with Gasteiger partial charge in [-0.2, -0.15) is 5.26 Å². The lowest BCUT2D eigenvalue weighted by Gasteiger charge is -2.07. The van der Waals surface area contributed by atoms with Gasteiger partial charge in [-0.15, -0.1) is 0 Å². The van der Waals surface area contributed by atoms with Crippen molar-refractivity contribution in [3.05, 3.63) is 58.4 Å². The maximum absolute atomic E-state index is 12.7. The molecule has 0 aliphatic heterocycles. The zero-order chi connectivity index (χ0) is 17.0. The molecule has 1 N–H and O–H groups in total. The summed E-state index contributed by atoms with van der Waals surface area (Å²) in [5.41, 5.74) is 3.28. The molecule has 23 heavy (non-hydrogen) atoms. The van der Waals surface area contributed by atoms with Crippen LogP contribution < -0.4 is 0 Å². The number of allylic oxidation sites excluding steroid dienone is 1. The third kappa shape index (κ3) is 3.51. The minimum absolute atomic E-state index is 0.0902. The first-order chi connectivity index (χ1) is 11.0. The predicted molar refractivity (Wildman–Crippen MR) is 90.2 cm³/mol. The van der Waals surface area contributed by atoms with E-state index in [1.807, 2.05) is 26.0 Å². The highest BCUT2D eigenvalue weighted by Gasteiger charge is 2.19. The van der Waals surface area contributed by atoms with E-state index >= 15 is 0 Å². The number of phenols is 1. The molecule has 0 bridgehead atoms. The first kappa shape index (κ1) is 16.6. The highest BCUT2D eigenvalue weighted by atomic mass is 16.3. The second-order valence-electron chi connectivity index (χ2n) is 5.53. The molecular weight excluding hydrogens is 288 g/mol. The number of rotatable bonds is 5. The molecule has 2 rings (SSSR count). The number of ketones is 1. The number of benzene rings is 1. The van der Waals surface area contributed by atoms with Gasteiger partial charge in [-0.3, -0.25) is 4.79 Å². The fraction of sp³-hybridized carbons (Fsp3) is 0.263. The summed E-state index contributed by atoms with van der Waals surface area (Å²) in [6.45, 7) is 6.82. The zero-order valence-electron chi connectivity index (χ0n) is 13.6. The second kappa shape index (κ2) is 6.97. The summed E-state index contributed by atoms with van der Waals surface area (Å²) in [6, 6.07) is 10.2. The van der Waals surface area contributed by atoms with Crippen molar-refractivity contribution in [1.82, 2.24) is 4.57 Å². The lowest BCUT2D eigenvalue weighted by atomic mass is 10.0. The Bertz CT molecular complexity index is 790. The molecule has 0 spiro atoms. The standard InChI is InChI=1S/C19H20N2O2/c1-4-9-21-13(2)10-18(14(21)3)19(23)16(12-20)11-15-5-7-17(22)8-6-15/h5-8,10-11,22H,4,9H2,1-3H3/b16-11+. The number of carbonyl (C=O) groups is 1. The quantitative estimate of drug-likeness (QED) is 0.515. The van der Waals surface area contributed by atoms with Crippen molar-refractivity contribution in [3.63, 3.8) is 0 Å². The van der Waals surface area contributed by atoms with Gasteiger partial charge < -0.3 is 9.67 Å². The van der Waals surface area contributed by atoms with Crippen LogP contribution in [0, 0.1) is 25.2 Å². The highest BCUT2D eigenvalue weighted by molar-refractivity contribution is 6.14.